The standard InChI is InChI=1S/C12H10BrF3N4/c13-8-1-2-9(10(3-8)12(14,15)16)11(20-17)7-4-18-6-19-5-7/h1-6,11,20H,17H2. The third-order valence-corrected chi connectivity index (χ3v) is 3.21. The Morgan fingerprint density at radius 3 is 2.40 bits per heavy atom. The highest BCUT2D eigenvalue weighted by Gasteiger charge is 2.35. The molecular weight excluding hydrogens is 337 g/mol. The first-order valence-corrected chi connectivity index (χ1v) is 6.30. The summed E-state index contributed by atoms with van der Waals surface area (Å²) in [6, 6.07) is 3.06. The maximum Gasteiger partial charge on any atom is 0.416 e. The van der Waals surface area contributed by atoms with E-state index in [2.05, 4.69) is 31.3 Å². The van der Waals surface area contributed by atoms with Gasteiger partial charge in [-0.3, -0.25) is 5.84 Å². The molecule has 1 aromatic carbocycles. The zero-order valence-electron chi connectivity index (χ0n) is 10.0. The maximum atomic E-state index is 13.1. The molecule has 20 heavy (non-hydrogen) atoms. The summed E-state index contributed by atoms with van der Waals surface area (Å²) in [5.74, 6) is 5.40. The molecule has 0 fully saturated rings. The number of aromatic nitrogens is 2. The van der Waals surface area contributed by atoms with Crippen LogP contribution in [0.15, 0.2) is 41.4 Å². The molecule has 2 rings (SSSR count). The molecule has 0 saturated heterocycles. The van der Waals surface area contributed by atoms with Crippen LogP contribution in [0.3, 0.4) is 0 Å². The number of halogens is 4. The number of nitrogens with one attached hydrogen (secondary N) is 1. The summed E-state index contributed by atoms with van der Waals surface area (Å²) in [4.78, 5) is 7.58. The number of nitrogens with two attached hydrogens (primary N) is 1. The molecule has 1 aromatic heterocycles. The summed E-state index contributed by atoms with van der Waals surface area (Å²) in [6.07, 6.45) is -0.355. The molecule has 3 N–H and O–H groups in total. The van der Waals surface area contributed by atoms with Crippen molar-refractivity contribution < 1.29 is 13.2 Å². The van der Waals surface area contributed by atoms with Gasteiger partial charge in [-0.25, -0.2) is 15.4 Å². The van der Waals surface area contributed by atoms with Crippen molar-refractivity contribution in [1.82, 2.24) is 15.4 Å². The van der Waals surface area contributed by atoms with Crippen LogP contribution in [0.1, 0.15) is 22.7 Å². The zero-order chi connectivity index (χ0) is 14.8. The Labute approximate surface area is 121 Å². The smallest absolute Gasteiger partial charge is 0.271 e. The Morgan fingerprint density at radius 1 is 1.20 bits per heavy atom. The number of rotatable bonds is 3. The number of hydrogen-bond donors (Lipinski definition) is 2. The molecule has 1 atom stereocenters. The molecule has 106 valence electrons. The summed E-state index contributed by atoms with van der Waals surface area (Å²) in [6.45, 7) is 0. The van der Waals surface area contributed by atoms with Crippen molar-refractivity contribution in [3.63, 3.8) is 0 Å². The Hall–Kier alpha value is -1.51. The van der Waals surface area contributed by atoms with Crippen LogP contribution in [0.4, 0.5) is 13.2 Å². The van der Waals surface area contributed by atoms with Gasteiger partial charge in [-0.05, 0) is 17.7 Å². The van der Waals surface area contributed by atoms with Gasteiger partial charge in [-0.2, -0.15) is 13.2 Å². The second kappa shape index (κ2) is 5.86. The van der Waals surface area contributed by atoms with E-state index in [-0.39, 0.29) is 5.56 Å². The summed E-state index contributed by atoms with van der Waals surface area (Å²) >= 11 is 3.04. The summed E-state index contributed by atoms with van der Waals surface area (Å²) < 4.78 is 39.7. The first-order valence-electron chi connectivity index (χ1n) is 5.51. The van der Waals surface area contributed by atoms with Crippen molar-refractivity contribution >= 4 is 15.9 Å². The molecule has 8 heteroatoms. The molecule has 0 amide bonds. The number of benzene rings is 1. The van der Waals surface area contributed by atoms with E-state index in [1.54, 1.807) is 0 Å². The van der Waals surface area contributed by atoms with Gasteiger partial charge in [0.05, 0.1) is 11.6 Å². The average Bonchev–Trinajstić information content (AvgIpc) is 2.41. The number of hydrazine groups is 1. The van der Waals surface area contributed by atoms with Crippen LogP contribution < -0.4 is 11.3 Å². The highest BCUT2D eigenvalue weighted by molar-refractivity contribution is 9.10. The highest BCUT2D eigenvalue weighted by Crippen LogP contribution is 2.37. The van der Waals surface area contributed by atoms with Gasteiger partial charge in [0.1, 0.15) is 6.33 Å². The molecule has 0 aliphatic rings. The first-order chi connectivity index (χ1) is 9.43. The third-order valence-electron chi connectivity index (χ3n) is 2.71. The number of nitrogens with zero attached hydrogens (tertiary/aromatic N) is 2. The van der Waals surface area contributed by atoms with E-state index in [9.17, 15) is 13.2 Å². The zero-order valence-corrected chi connectivity index (χ0v) is 11.6. The summed E-state index contributed by atoms with van der Waals surface area (Å²) in [5.41, 5.74) is 2.07. The lowest BCUT2D eigenvalue weighted by molar-refractivity contribution is -0.138. The van der Waals surface area contributed by atoms with E-state index in [0.717, 1.165) is 6.07 Å². The normalized spacial score (nSPS) is 13.2. The molecule has 0 saturated carbocycles. The molecule has 0 aliphatic heterocycles. The number of hydrogen-bond acceptors (Lipinski definition) is 4. The van der Waals surface area contributed by atoms with Crippen molar-refractivity contribution in [1.29, 1.82) is 0 Å². The van der Waals surface area contributed by atoms with Gasteiger partial charge >= 0.3 is 6.18 Å². The Kier molecular flexibility index (Phi) is 4.36. The lowest BCUT2D eigenvalue weighted by Crippen LogP contribution is -2.30. The van der Waals surface area contributed by atoms with Crippen LogP contribution in [0.25, 0.3) is 0 Å². The minimum Gasteiger partial charge on any atom is -0.271 e. The average molecular weight is 347 g/mol. The minimum atomic E-state index is -4.48. The van der Waals surface area contributed by atoms with Crippen LogP contribution in [-0.2, 0) is 6.18 Å². The summed E-state index contributed by atoms with van der Waals surface area (Å²) in [7, 11) is 0. The molecule has 0 spiro atoms. The van der Waals surface area contributed by atoms with E-state index >= 15 is 0 Å². The van der Waals surface area contributed by atoms with Gasteiger partial charge < -0.3 is 0 Å². The second-order valence-electron chi connectivity index (χ2n) is 4.00. The predicted octanol–water partition coefficient (Wildman–Crippen LogP) is 2.81. The lowest BCUT2D eigenvalue weighted by Gasteiger charge is -2.21. The molecular formula is C12H10BrF3N4. The Morgan fingerprint density at radius 2 is 1.85 bits per heavy atom. The van der Waals surface area contributed by atoms with Crippen LogP contribution in [0.5, 0.6) is 0 Å². The predicted molar refractivity (Wildman–Crippen MR) is 70.3 cm³/mol. The Bertz CT molecular complexity index is 589. The van der Waals surface area contributed by atoms with Gasteiger partial charge in [-0.1, -0.05) is 22.0 Å². The van der Waals surface area contributed by atoms with E-state index in [1.807, 2.05) is 0 Å². The van der Waals surface area contributed by atoms with Crippen LogP contribution >= 0.6 is 15.9 Å². The van der Waals surface area contributed by atoms with Gasteiger partial charge in [-0.15, -0.1) is 0 Å². The third kappa shape index (κ3) is 3.14. The van der Waals surface area contributed by atoms with E-state index in [1.165, 1.54) is 30.9 Å². The van der Waals surface area contributed by atoms with E-state index in [0.29, 0.717) is 10.0 Å². The highest BCUT2D eigenvalue weighted by atomic mass is 79.9. The fourth-order valence-corrected chi connectivity index (χ4v) is 2.21. The van der Waals surface area contributed by atoms with Crippen molar-refractivity contribution in [2.24, 2.45) is 5.84 Å². The van der Waals surface area contributed by atoms with Crippen LogP contribution in [0, 0.1) is 0 Å². The van der Waals surface area contributed by atoms with E-state index in [4.69, 9.17) is 5.84 Å². The van der Waals surface area contributed by atoms with Crippen LogP contribution in [0.2, 0.25) is 0 Å². The quantitative estimate of drug-likeness (QED) is 0.662. The topological polar surface area (TPSA) is 63.8 Å². The first kappa shape index (κ1) is 14.9. The molecule has 2 aromatic rings. The molecule has 4 nitrogen and oxygen atoms in total. The molecule has 0 aliphatic carbocycles. The largest absolute Gasteiger partial charge is 0.416 e. The minimum absolute atomic E-state index is 0.0120. The van der Waals surface area contributed by atoms with Crippen molar-refractivity contribution in [2.75, 3.05) is 0 Å². The fourth-order valence-electron chi connectivity index (χ4n) is 1.85. The van der Waals surface area contributed by atoms with Crippen molar-refractivity contribution in [2.45, 2.75) is 12.2 Å². The molecule has 0 bridgehead atoms. The lowest BCUT2D eigenvalue weighted by atomic mass is 9.96. The molecule has 1 heterocycles. The van der Waals surface area contributed by atoms with Gasteiger partial charge in [0.25, 0.3) is 0 Å². The van der Waals surface area contributed by atoms with Gasteiger partial charge in [0, 0.05) is 22.4 Å². The van der Waals surface area contributed by atoms with Gasteiger partial charge in [0.2, 0.25) is 0 Å². The summed E-state index contributed by atoms with van der Waals surface area (Å²) in [5, 5.41) is 0. The van der Waals surface area contributed by atoms with Gasteiger partial charge in [0.15, 0.2) is 0 Å². The fraction of sp³-hybridized carbons (Fsp3) is 0.167. The van der Waals surface area contributed by atoms with Crippen molar-refractivity contribution in [3.05, 3.63) is 58.1 Å². The van der Waals surface area contributed by atoms with Crippen molar-refractivity contribution in [3.8, 4) is 0 Å². The molecule has 0 radical (unpaired) electrons. The van der Waals surface area contributed by atoms with Crippen LogP contribution in [-0.4, -0.2) is 9.97 Å². The maximum absolute atomic E-state index is 13.1. The molecule has 1 unspecified atom stereocenters. The van der Waals surface area contributed by atoms with E-state index < -0.39 is 17.8 Å². The SMILES string of the molecule is NNC(c1cncnc1)c1ccc(Br)cc1C(F)(F)F. The second-order valence-corrected chi connectivity index (χ2v) is 4.92. The monoisotopic (exact) mass is 346 g/mol. The Balaban J connectivity index is 2.56. The number of alkyl halides is 3.